The summed E-state index contributed by atoms with van der Waals surface area (Å²) in [5.74, 6) is 1.22. The van der Waals surface area contributed by atoms with Crippen LogP contribution in [0.25, 0.3) is 0 Å². The average molecular weight is 571 g/mol. The van der Waals surface area contributed by atoms with Crippen LogP contribution in [0.3, 0.4) is 0 Å². The molecule has 0 bridgehead atoms. The van der Waals surface area contributed by atoms with Gasteiger partial charge in [-0.3, -0.25) is 4.99 Å². The molecule has 0 amide bonds. The van der Waals surface area contributed by atoms with Gasteiger partial charge in [0.15, 0.2) is 17.5 Å². The lowest BCUT2D eigenvalue weighted by Crippen LogP contribution is -2.39. The van der Waals surface area contributed by atoms with Crippen LogP contribution in [0.4, 0.5) is 4.39 Å². The molecule has 0 saturated heterocycles. The predicted octanol–water partition coefficient (Wildman–Crippen LogP) is 3.52. The molecule has 0 heterocycles. The van der Waals surface area contributed by atoms with Crippen molar-refractivity contribution in [2.75, 3.05) is 39.0 Å². The van der Waals surface area contributed by atoms with E-state index < -0.39 is 10.0 Å². The summed E-state index contributed by atoms with van der Waals surface area (Å²) in [4.78, 5) is 4.51. The van der Waals surface area contributed by atoms with Gasteiger partial charge in [-0.1, -0.05) is 6.07 Å². The topological polar surface area (TPSA) is 83.0 Å². The predicted molar refractivity (Wildman–Crippen MR) is 134 cm³/mol. The third kappa shape index (κ3) is 9.48. The number of hydrogen-bond acceptors (Lipinski definition) is 4. The van der Waals surface area contributed by atoms with Crippen LogP contribution in [-0.2, 0) is 10.0 Å². The number of benzene rings is 1. The lowest BCUT2D eigenvalue weighted by Gasteiger charge is -2.19. The second-order valence-electron chi connectivity index (χ2n) is 7.65. The van der Waals surface area contributed by atoms with Gasteiger partial charge in [0.05, 0.1) is 18.4 Å². The van der Waals surface area contributed by atoms with Gasteiger partial charge >= 0.3 is 0 Å². The highest BCUT2D eigenvalue weighted by atomic mass is 127. The Kier molecular flexibility index (Phi) is 12.1. The first-order valence-corrected chi connectivity index (χ1v) is 12.3. The fraction of sp³-hybridized carbons (Fsp3) is 0.667. The number of nitrogens with zero attached hydrogens (tertiary/aromatic N) is 2. The highest BCUT2D eigenvalue weighted by molar-refractivity contribution is 14.0. The van der Waals surface area contributed by atoms with Gasteiger partial charge in [0.1, 0.15) is 0 Å². The number of rotatable bonds is 12. The number of ether oxygens (including phenoxy) is 1. The van der Waals surface area contributed by atoms with Crippen molar-refractivity contribution < 1.29 is 17.5 Å². The zero-order valence-electron chi connectivity index (χ0n) is 18.9. The van der Waals surface area contributed by atoms with Gasteiger partial charge in [-0.25, -0.2) is 17.1 Å². The summed E-state index contributed by atoms with van der Waals surface area (Å²) in [6.45, 7) is 7.70. The molecule has 1 fully saturated rings. The summed E-state index contributed by atoms with van der Waals surface area (Å²) in [5, 5.41) is 6.44. The number of hydrogen-bond donors (Lipinski definition) is 2. The third-order valence-corrected chi connectivity index (χ3v) is 6.93. The van der Waals surface area contributed by atoms with Crippen LogP contribution >= 0.6 is 24.0 Å². The average Bonchev–Trinajstić information content (AvgIpc) is 3.54. The van der Waals surface area contributed by atoms with Gasteiger partial charge < -0.3 is 15.4 Å². The smallest absolute Gasteiger partial charge is 0.213 e. The van der Waals surface area contributed by atoms with E-state index in [1.165, 1.54) is 10.4 Å². The Bertz CT molecular complexity index is 819. The first kappa shape index (κ1) is 27.9. The number of halogens is 2. The molecule has 1 aliphatic rings. The van der Waals surface area contributed by atoms with Gasteiger partial charge in [-0.15, -0.1) is 24.0 Å². The van der Waals surface area contributed by atoms with Crippen LogP contribution in [-0.4, -0.2) is 57.7 Å². The van der Waals surface area contributed by atoms with Crippen molar-refractivity contribution in [2.45, 2.75) is 46.1 Å². The fourth-order valence-corrected chi connectivity index (χ4v) is 3.70. The number of nitrogens with one attached hydrogen (secondary N) is 2. The van der Waals surface area contributed by atoms with Crippen molar-refractivity contribution in [3.05, 3.63) is 29.6 Å². The summed E-state index contributed by atoms with van der Waals surface area (Å²) < 4.78 is 44.9. The minimum absolute atomic E-state index is 0. The minimum Gasteiger partial charge on any atom is -0.490 e. The zero-order valence-corrected chi connectivity index (χ0v) is 22.0. The molecule has 1 unspecified atom stereocenters. The Morgan fingerprint density at radius 2 is 2.06 bits per heavy atom. The van der Waals surface area contributed by atoms with Crippen molar-refractivity contribution in [3.63, 3.8) is 0 Å². The molecule has 2 rings (SSSR count). The van der Waals surface area contributed by atoms with Gasteiger partial charge in [0, 0.05) is 26.7 Å². The lowest BCUT2D eigenvalue weighted by atomic mass is 10.1. The van der Waals surface area contributed by atoms with Crippen molar-refractivity contribution in [1.29, 1.82) is 0 Å². The van der Waals surface area contributed by atoms with E-state index in [9.17, 15) is 12.8 Å². The molecule has 1 atom stereocenters. The van der Waals surface area contributed by atoms with Crippen molar-refractivity contribution in [3.8, 4) is 5.75 Å². The van der Waals surface area contributed by atoms with Gasteiger partial charge in [-0.05, 0) is 63.6 Å². The molecular weight excluding hydrogens is 534 g/mol. The van der Waals surface area contributed by atoms with Gasteiger partial charge in [0.25, 0.3) is 0 Å². The van der Waals surface area contributed by atoms with E-state index in [1.54, 1.807) is 20.0 Å². The lowest BCUT2D eigenvalue weighted by molar-refractivity contribution is 0.285. The molecule has 7 nitrogen and oxygen atoms in total. The fourth-order valence-electron chi connectivity index (χ4n) is 2.85. The maximum atomic E-state index is 14.4. The largest absolute Gasteiger partial charge is 0.490 e. The summed E-state index contributed by atoms with van der Waals surface area (Å²) in [6, 6.07) is 4.88. The maximum absolute atomic E-state index is 14.4. The van der Waals surface area contributed by atoms with E-state index in [2.05, 4.69) is 15.6 Å². The molecule has 0 aromatic heterocycles. The Morgan fingerprint density at radius 3 is 2.65 bits per heavy atom. The van der Waals surface area contributed by atoms with Crippen LogP contribution < -0.4 is 15.4 Å². The monoisotopic (exact) mass is 570 g/mol. The molecule has 2 N–H and O–H groups in total. The van der Waals surface area contributed by atoms with Gasteiger partial charge in [0.2, 0.25) is 10.0 Å². The quantitative estimate of drug-likeness (QED) is 0.174. The molecule has 1 aliphatic carbocycles. The summed E-state index contributed by atoms with van der Waals surface area (Å²) in [7, 11) is -1.59. The maximum Gasteiger partial charge on any atom is 0.213 e. The Balaban J connectivity index is 0.00000480. The SMILES string of the molecule is CCNC(=NCCCN(C)S(=O)(=O)CC)NC(C)c1ccc(OCC2CC2)c(F)c1.I. The summed E-state index contributed by atoms with van der Waals surface area (Å²) >= 11 is 0. The summed E-state index contributed by atoms with van der Waals surface area (Å²) in [5.41, 5.74) is 0.797. The molecule has 178 valence electrons. The minimum atomic E-state index is -3.17. The van der Waals surface area contributed by atoms with Crippen LogP contribution in [0.15, 0.2) is 23.2 Å². The third-order valence-electron chi connectivity index (χ3n) is 5.07. The normalized spacial score (nSPS) is 15.4. The highest BCUT2D eigenvalue weighted by Crippen LogP contribution is 2.30. The molecule has 1 aromatic rings. The Morgan fingerprint density at radius 1 is 1.35 bits per heavy atom. The van der Waals surface area contributed by atoms with Crippen LogP contribution in [0, 0.1) is 11.7 Å². The van der Waals surface area contributed by atoms with Crippen molar-refractivity contribution in [1.82, 2.24) is 14.9 Å². The standard InChI is InChI=1S/C21H35FN4O3S.HI/c1-5-23-21(24-12-7-13-26(4)30(27,28)6-2)25-16(3)18-10-11-20(19(22)14-18)29-15-17-8-9-17;/h10-11,14,16-17H,5-9,12-13,15H2,1-4H3,(H2,23,24,25);1H. The molecule has 0 radical (unpaired) electrons. The molecule has 31 heavy (non-hydrogen) atoms. The Hall–Kier alpha value is -1.14. The van der Waals surface area contributed by atoms with Crippen molar-refractivity contribution in [2.24, 2.45) is 10.9 Å². The van der Waals surface area contributed by atoms with Gasteiger partial charge in [-0.2, -0.15) is 0 Å². The zero-order chi connectivity index (χ0) is 22.1. The van der Waals surface area contributed by atoms with E-state index in [4.69, 9.17) is 4.74 Å². The van der Waals surface area contributed by atoms with Crippen LogP contribution in [0.5, 0.6) is 5.75 Å². The van der Waals surface area contributed by atoms with Crippen molar-refractivity contribution >= 4 is 40.0 Å². The number of sulfonamides is 1. The van der Waals surface area contributed by atoms with E-state index in [0.717, 1.165) is 18.4 Å². The van der Waals surface area contributed by atoms with E-state index >= 15 is 0 Å². The Labute approximate surface area is 203 Å². The highest BCUT2D eigenvalue weighted by Gasteiger charge is 2.22. The second-order valence-corrected chi connectivity index (χ2v) is 10.0. The first-order chi connectivity index (χ1) is 14.3. The molecular formula is C21H36FIN4O3S. The van der Waals surface area contributed by atoms with E-state index in [-0.39, 0.29) is 41.6 Å². The van der Waals surface area contributed by atoms with Crippen LogP contribution in [0.1, 0.15) is 51.6 Å². The molecule has 0 aliphatic heterocycles. The van der Waals surface area contributed by atoms with E-state index in [1.807, 2.05) is 19.9 Å². The number of guanidine groups is 1. The second kappa shape index (κ2) is 13.4. The summed E-state index contributed by atoms with van der Waals surface area (Å²) in [6.07, 6.45) is 2.94. The first-order valence-electron chi connectivity index (χ1n) is 10.7. The van der Waals surface area contributed by atoms with Crippen LogP contribution in [0.2, 0.25) is 0 Å². The molecule has 1 aromatic carbocycles. The number of aliphatic imine (C=N–C) groups is 1. The molecule has 1 saturated carbocycles. The molecule has 10 heteroatoms. The van der Waals surface area contributed by atoms with E-state index in [0.29, 0.717) is 50.3 Å². The molecule has 0 spiro atoms.